The number of carbonyl (C=O) groups excluding carboxylic acids is 1. The summed E-state index contributed by atoms with van der Waals surface area (Å²) in [5, 5.41) is 2.68. The van der Waals surface area contributed by atoms with Crippen molar-refractivity contribution in [1.82, 2.24) is 0 Å². The molecule has 118 valence electrons. The van der Waals surface area contributed by atoms with Crippen molar-refractivity contribution in [1.29, 1.82) is 0 Å². The average molecular weight is 300 g/mol. The van der Waals surface area contributed by atoms with E-state index in [2.05, 4.69) is 5.32 Å². The molecule has 3 N–H and O–H groups in total. The van der Waals surface area contributed by atoms with Crippen LogP contribution in [0.4, 0.5) is 14.5 Å². The van der Waals surface area contributed by atoms with Gasteiger partial charge in [-0.2, -0.15) is 0 Å². The highest BCUT2D eigenvalue weighted by Crippen LogP contribution is 2.23. The minimum atomic E-state index is -2.54. The minimum absolute atomic E-state index is 0.0602. The fourth-order valence-corrected chi connectivity index (χ4v) is 1.72. The zero-order valence-corrected chi connectivity index (χ0v) is 12.5. The topological polar surface area (TPSA) is 64.4 Å². The lowest BCUT2D eigenvalue weighted by Gasteiger charge is -2.18. The van der Waals surface area contributed by atoms with Gasteiger partial charge in [-0.25, -0.2) is 8.78 Å². The smallest absolute Gasteiger partial charge is 0.272 e. The van der Waals surface area contributed by atoms with Crippen molar-refractivity contribution in [2.75, 3.05) is 11.9 Å². The number of hydrogen-bond acceptors (Lipinski definition) is 3. The van der Waals surface area contributed by atoms with Gasteiger partial charge in [-0.1, -0.05) is 26.3 Å². The highest BCUT2D eigenvalue weighted by Gasteiger charge is 2.19. The van der Waals surface area contributed by atoms with E-state index in [9.17, 15) is 13.6 Å². The van der Waals surface area contributed by atoms with Crippen LogP contribution in [0.1, 0.15) is 25.8 Å². The van der Waals surface area contributed by atoms with Gasteiger partial charge < -0.3 is 15.8 Å². The molecular weight excluding hydrogens is 278 g/mol. The Bertz CT molecular complexity index is 481. The summed E-state index contributed by atoms with van der Waals surface area (Å²) >= 11 is 0. The molecule has 0 saturated heterocycles. The molecule has 1 amide bonds. The van der Waals surface area contributed by atoms with Crippen molar-refractivity contribution in [2.24, 2.45) is 11.7 Å². The first kappa shape index (κ1) is 17.4. The van der Waals surface area contributed by atoms with Gasteiger partial charge in [0.05, 0.1) is 6.04 Å². The van der Waals surface area contributed by atoms with Crippen LogP contribution in [0.25, 0.3) is 0 Å². The van der Waals surface area contributed by atoms with E-state index in [-0.39, 0.29) is 11.8 Å². The number of carbonyl (C=O) groups is 1. The molecule has 0 aliphatic heterocycles. The third-order valence-corrected chi connectivity index (χ3v) is 3.38. The first-order chi connectivity index (χ1) is 9.85. The third kappa shape index (κ3) is 5.30. The van der Waals surface area contributed by atoms with Gasteiger partial charge >= 0.3 is 0 Å². The molecular formula is C15H22F2N2O2. The molecule has 0 fully saturated rings. The minimum Gasteiger partial charge on any atom is -0.487 e. The van der Waals surface area contributed by atoms with Gasteiger partial charge in [-0.15, -0.1) is 0 Å². The zero-order chi connectivity index (χ0) is 16.0. The molecule has 4 nitrogen and oxygen atoms in total. The number of benzene rings is 1. The summed E-state index contributed by atoms with van der Waals surface area (Å²) in [5.74, 6) is 0.0863. The van der Waals surface area contributed by atoms with E-state index in [4.69, 9.17) is 10.5 Å². The number of amides is 1. The summed E-state index contributed by atoms with van der Waals surface area (Å²) in [7, 11) is 0. The number of anilines is 1. The molecule has 2 atom stereocenters. The molecule has 0 heterocycles. The van der Waals surface area contributed by atoms with E-state index >= 15 is 0 Å². The van der Waals surface area contributed by atoms with E-state index in [1.807, 2.05) is 13.8 Å². The van der Waals surface area contributed by atoms with Gasteiger partial charge in [0.2, 0.25) is 5.91 Å². The Morgan fingerprint density at radius 3 is 2.67 bits per heavy atom. The first-order valence-electron chi connectivity index (χ1n) is 6.93. The van der Waals surface area contributed by atoms with Crippen LogP contribution >= 0.6 is 0 Å². The second-order valence-corrected chi connectivity index (χ2v) is 5.08. The molecule has 0 saturated carbocycles. The Labute approximate surface area is 123 Å². The lowest BCUT2D eigenvalue weighted by atomic mass is 9.99. The summed E-state index contributed by atoms with van der Waals surface area (Å²) in [5.41, 5.74) is 7.05. The van der Waals surface area contributed by atoms with Crippen LogP contribution in [0, 0.1) is 12.8 Å². The van der Waals surface area contributed by atoms with Crippen LogP contribution in [0.5, 0.6) is 5.75 Å². The third-order valence-electron chi connectivity index (χ3n) is 3.38. The van der Waals surface area contributed by atoms with Gasteiger partial charge in [-0.3, -0.25) is 4.79 Å². The molecule has 0 spiro atoms. The van der Waals surface area contributed by atoms with Gasteiger partial charge in [-0.05, 0) is 24.5 Å². The summed E-state index contributed by atoms with van der Waals surface area (Å²) < 4.78 is 29.4. The monoisotopic (exact) mass is 300 g/mol. The molecule has 0 aliphatic rings. The number of nitrogens with one attached hydrogen (secondary N) is 1. The highest BCUT2D eigenvalue weighted by molar-refractivity contribution is 5.95. The molecule has 1 aromatic rings. The van der Waals surface area contributed by atoms with Crippen LogP contribution in [-0.2, 0) is 4.79 Å². The van der Waals surface area contributed by atoms with Crippen molar-refractivity contribution in [3.05, 3.63) is 23.8 Å². The number of rotatable bonds is 7. The van der Waals surface area contributed by atoms with Crippen LogP contribution < -0.4 is 15.8 Å². The van der Waals surface area contributed by atoms with Crippen molar-refractivity contribution in [2.45, 2.75) is 39.7 Å². The summed E-state index contributed by atoms with van der Waals surface area (Å²) in [6.45, 7) is 4.93. The fourth-order valence-electron chi connectivity index (χ4n) is 1.72. The van der Waals surface area contributed by atoms with Crippen LogP contribution in [0.3, 0.4) is 0 Å². The quantitative estimate of drug-likeness (QED) is 0.813. The summed E-state index contributed by atoms with van der Waals surface area (Å²) in [4.78, 5) is 12.0. The Hall–Kier alpha value is -1.69. The summed E-state index contributed by atoms with van der Waals surface area (Å²) in [6.07, 6.45) is -1.74. The molecule has 1 aromatic carbocycles. The predicted molar refractivity (Wildman–Crippen MR) is 78.7 cm³/mol. The molecule has 0 radical (unpaired) electrons. The number of alkyl halides is 2. The number of ether oxygens (including phenoxy) is 1. The molecule has 0 aromatic heterocycles. The van der Waals surface area contributed by atoms with Gasteiger partial charge in [0.1, 0.15) is 12.4 Å². The fraction of sp³-hybridized carbons (Fsp3) is 0.533. The Morgan fingerprint density at radius 1 is 1.43 bits per heavy atom. The standard InChI is InChI=1S/C15H22F2N2O2/c1-4-9(2)14(18)15(20)19-11-6-5-10(3)12(7-11)21-8-13(16)17/h5-7,9,13-14H,4,8,18H2,1-3H3,(H,19,20). The van der Waals surface area contributed by atoms with Gasteiger partial charge in [0, 0.05) is 11.8 Å². The van der Waals surface area contributed by atoms with Gasteiger partial charge in [0.15, 0.2) is 0 Å². The largest absolute Gasteiger partial charge is 0.487 e. The number of halogens is 2. The zero-order valence-electron chi connectivity index (χ0n) is 12.5. The normalized spacial score (nSPS) is 13.9. The second kappa shape index (κ2) is 7.93. The Kier molecular flexibility index (Phi) is 6.55. The van der Waals surface area contributed by atoms with Crippen molar-refractivity contribution >= 4 is 11.6 Å². The van der Waals surface area contributed by atoms with E-state index in [1.165, 1.54) is 6.07 Å². The van der Waals surface area contributed by atoms with E-state index in [1.54, 1.807) is 19.1 Å². The van der Waals surface area contributed by atoms with Crippen molar-refractivity contribution in [3.8, 4) is 5.75 Å². The summed E-state index contributed by atoms with van der Waals surface area (Å²) in [6, 6.07) is 4.30. The predicted octanol–water partition coefficient (Wildman–Crippen LogP) is 2.95. The maximum atomic E-state index is 12.2. The maximum Gasteiger partial charge on any atom is 0.272 e. The number of nitrogens with two attached hydrogens (primary N) is 1. The molecule has 21 heavy (non-hydrogen) atoms. The van der Waals surface area contributed by atoms with Crippen molar-refractivity contribution < 1.29 is 18.3 Å². The van der Waals surface area contributed by atoms with Gasteiger partial charge in [0.25, 0.3) is 6.43 Å². The number of aryl methyl sites for hydroxylation is 1. The highest BCUT2D eigenvalue weighted by atomic mass is 19.3. The van der Waals surface area contributed by atoms with Crippen LogP contribution in [0.15, 0.2) is 18.2 Å². The second-order valence-electron chi connectivity index (χ2n) is 5.08. The Morgan fingerprint density at radius 2 is 2.10 bits per heavy atom. The lowest BCUT2D eigenvalue weighted by Crippen LogP contribution is -2.40. The first-order valence-corrected chi connectivity index (χ1v) is 6.93. The Balaban J connectivity index is 2.75. The molecule has 6 heteroatoms. The van der Waals surface area contributed by atoms with Crippen LogP contribution in [-0.4, -0.2) is 25.0 Å². The number of hydrogen-bond donors (Lipinski definition) is 2. The maximum absolute atomic E-state index is 12.2. The average Bonchev–Trinajstić information content (AvgIpc) is 2.45. The molecule has 1 rings (SSSR count). The van der Waals surface area contributed by atoms with Crippen LogP contribution in [0.2, 0.25) is 0 Å². The van der Waals surface area contributed by atoms with E-state index in [0.717, 1.165) is 12.0 Å². The molecule has 0 bridgehead atoms. The van der Waals surface area contributed by atoms with E-state index < -0.39 is 19.1 Å². The molecule has 2 unspecified atom stereocenters. The SMILES string of the molecule is CCC(C)C(N)C(=O)Nc1ccc(C)c(OCC(F)F)c1. The lowest BCUT2D eigenvalue weighted by molar-refractivity contribution is -0.118. The van der Waals surface area contributed by atoms with Crippen molar-refractivity contribution in [3.63, 3.8) is 0 Å². The van der Waals surface area contributed by atoms with E-state index in [0.29, 0.717) is 11.4 Å². The molecule has 0 aliphatic carbocycles.